The Balaban J connectivity index is 1.31. The minimum Gasteiger partial charge on any atom is -0.494 e. The highest BCUT2D eigenvalue weighted by atomic mass is 35.5. The minimum atomic E-state index is 0.316. The van der Waals surface area contributed by atoms with Gasteiger partial charge in [0, 0.05) is 22.3 Å². The molecule has 1 fully saturated rings. The molecule has 1 atom stereocenters. The average Bonchev–Trinajstić information content (AvgIpc) is 3.66. The first-order valence-corrected chi connectivity index (χ1v) is 11.6. The zero-order chi connectivity index (χ0) is 22.4. The van der Waals surface area contributed by atoms with E-state index in [4.69, 9.17) is 22.1 Å². The molecule has 0 spiro atoms. The van der Waals surface area contributed by atoms with Gasteiger partial charge in [0.2, 0.25) is 0 Å². The molecule has 0 saturated heterocycles. The summed E-state index contributed by atoms with van der Waals surface area (Å²) in [6, 6.07) is 19.6. The molecule has 1 aliphatic carbocycles. The lowest BCUT2D eigenvalue weighted by atomic mass is 9.79. The number of nitrogens with zero attached hydrogens (tertiary/aromatic N) is 1. The molecule has 4 rings (SSSR count). The average molecular weight is 445 g/mol. The van der Waals surface area contributed by atoms with Crippen molar-refractivity contribution in [3.05, 3.63) is 83.1 Å². The van der Waals surface area contributed by atoms with Crippen LogP contribution >= 0.6 is 11.6 Å². The Labute approximate surface area is 196 Å². The third-order valence-electron chi connectivity index (χ3n) is 6.35. The smallest absolute Gasteiger partial charge is 0.119 e. The van der Waals surface area contributed by atoms with E-state index < -0.39 is 0 Å². The first-order valence-electron chi connectivity index (χ1n) is 11.2. The molecular weight excluding hydrogens is 416 g/mol. The van der Waals surface area contributed by atoms with E-state index in [1.165, 1.54) is 12.8 Å². The SMILES string of the molecule is CC(CCN)(CCOc1ccc(C#Cc2ccc(-c3ccc(Cl)cc3)cn2)cc1)C1CC1. The standard InChI is InChI=1S/C28H29ClN2O/c1-28(16-18-30,24-8-9-24)17-19-32-27-14-3-21(4-15-27)2-12-26-13-7-23(20-31-26)22-5-10-25(29)11-6-22/h3-7,10-11,13-15,20,24H,8-9,16-19,30H2,1H3. The second-order valence-electron chi connectivity index (χ2n) is 8.78. The van der Waals surface area contributed by atoms with Gasteiger partial charge >= 0.3 is 0 Å². The Morgan fingerprint density at radius 1 is 0.969 bits per heavy atom. The molecule has 1 aromatic heterocycles. The first-order chi connectivity index (χ1) is 15.6. The Bertz CT molecular complexity index is 1080. The van der Waals surface area contributed by atoms with E-state index in [0.29, 0.717) is 5.41 Å². The molecule has 3 aromatic rings. The highest BCUT2D eigenvalue weighted by Crippen LogP contribution is 2.49. The van der Waals surface area contributed by atoms with Gasteiger partial charge in [-0.05, 0) is 97.5 Å². The fourth-order valence-electron chi connectivity index (χ4n) is 4.10. The third kappa shape index (κ3) is 5.91. The molecule has 3 nitrogen and oxygen atoms in total. The normalized spacial score (nSPS) is 14.8. The van der Waals surface area contributed by atoms with Crippen molar-refractivity contribution in [2.45, 2.75) is 32.6 Å². The lowest BCUT2D eigenvalue weighted by Gasteiger charge is -2.29. The van der Waals surface area contributed by atoms with E-state index in [1.807, 2.05) is 66.9 Å². The van der Waals surface area contributed by atoms with Crippen LogP contribution in [0.25, 0.3) is 11.1 Å². The van der Waals surface area contributed by atoms with Crippen LogP contribution in [0.4, 0.5) is 0 Å². The number of pyridine rings is 1. The van der Waals surface area contributed by atoms with Crippen molar-refractivity contribution >= 4 is 11.6 Å². The van der Waals surface area contributed by atoms with Crippen molar-refractivity contribution in [3.63, 3.8) is 0 Å². The number of nitrogens with two attached hydrogens (primary N) is 1. The quantitative estimate of drug-likeness (QED) is 0.412. The highest BCUT2D eigenvalue weighted by Gasteiger charge is 2.40. The van der Waals surface area contributed by atoms with Gasteiger partial charge in [0.25, 0.3) is 0 Å². The van der Waals surface area contributed by atoms with Gasteiger partial charge in [-0.1, -0.05) is 42.6 Å². The van der Waals surface area contributed by atoms with Gasteiger partial charge in [0.1, 0.15) is 11.4 Å². The van der Waals surface area contributed by atoms with Crippen molar-refractivity contribution in [2.75, 3.05) is 13.2 Å². The Hall–Kier alpha value is -2.80. The van der Waals surface area contributed by atoms with Crippen LogP contribution in [0.15, 0.2) is 66.9 Å². The lowest BCUT2D eigenvalue weighted by molar-refractivity contribution is 0.175. The van der Waals surface area contributed by atoms with Gasteiger partial charge in [-0.15, -0.1) is 0 Å². The van der Waals surface area contributed by atoms with Crippen LogP contribution in [-0.2, 0) is 0 Å². The van der Waals surface area contributed by atoms with Crippen molar-refractivity contribution in [1.29, 1.82) is 0 Å². The summed E-state index contributed by atoms with van der Waals surface area (Å²) in [5, 5.41) is 0.726. The number of halogens is 1. The summed E-state index contributed by atoms with van der Waals surface area (Å²) in [4.78, 5) is 4.47. The molecule has 1 aliphatic rings. The van der Waals surface area contributed by atoms with Crippen molar-refractivity contribution in [3.8, 4) is 28.7 Å². The van der Waals surface area contributed by atoms with Crippen LogP contribution in [0.2, 0.25) is 5.02 Å². The number of rotatable bonds is 8. The second kappa shape index (κ2) is 10.2. The predicted octanol–water partition coefficient (Wildman–Crippen LogP) is 6.34. The predicted molar refractivity (Wildman–Crippen MR) is 132 cm³/mol. The number of benzene rings is 2. The summed E-state index contributed by atoms with van der Waals surface area (Å²) < 4.78 is 6.00. The minimum absolute atomic E-state index is 0.316. The van der Waals surface area contributed by atoms with Gasteiger partial charge in [-0.3, -0.25) is 0 Å². The molecule has 1 saturated carbocycles. The molecule has 32 heavy (non-hydrogen) atoms. The Kier molecular flexibility index (Phi) is 7.15. The Morgan fingerprint density at radius 3 is 2.31 bits per heavy atom. The molecule has 0 amide bonds. The molecule has 1 heterocycles. The van der Waals surface area contributed by atoms with Crippen LogP contribution in [0.1, 0.15) is 43.9 Å². The van der Waals surface area contributed by atoms with Crippen molar-refractivity contribution < 1.29 is 4.74 Å². The van der Waals surface area contributed by atoms with E-state index in [-0.39, 0.29) is 0 Å². The molecule has 1 unspecified atom stereocenters. The molecule has 2 aromatic carbocycles. The molecule has 2 N–H and O–H groups in total. The van der Waals surface area contributed by atoms with Gasteiger partial charge in [-0.25, -0.2) is 4.98 Å². The van der Waals surface area contributed by atoms with Crippen LogP contribution in [-0.4, -0.2) is 18.1 Å². The number of ether oxygens (including phenoxy) is 1. The summed E-state index contributed by atoms with van der Waals surface area (Å²) in [5.74, 6) is 8.01. The topological polar surface area (TPSA) is 48.1 Å². The lowest BCUT2D eigenvalue weighted by Crippen LogP contribution is -2.25. The zero-order valence-electron chi connectivity index (χ0n) is 18.5. The molecule has 0 radical (unpaired) electrons. The fraction of sp³-hybridized carbons (Fsp3) is 0.321. The van der Waals surface area contributed by atoms with Gasteiger partial charge in [-0.2, -0.15) is 0 Å². The maximum Gasteiger partial charge on any atom is 0.119 e. The van der Waals surface area contributed by atoms with Gasteiger partial charge < -0.3 is 10.5 Å². The zero-order valence-corrected chi connectivity index (χ0v) is 19.2. The van der Waals surface area contributed by atoms with E-state index in [9.17, 15) is 0 Å². The fourth-order valence-corrected chi connectivity index (χ4v) is 4.22. The summed E-state index contributed by atoms with van der Waals surface area (Å²) in [7, 11) is 0. The molecular formula is C28H29ClN2O. The van der Waals surface area contributed by atoms with Crippen LogP contribution in [0.3, 0.4) is 0 Å². The van der Waals surface area contributed by atoms with E-state index >= 15 is 0 Å². The Morgan fingerprint density at radius 2 is 1.69 bits per heavy atom. The van der Waals surface area contributed by atoms with Gasteiger partial charge in [0.05, 0.1) is 6.61 Å². The number of hydrogen-bond acceptors (Lipinski definition) is 3. The molecule has 164 valence electrons. The number of hydrogen-bond donors (Lipinski definition) is 1. The van der Waals surface area contributed by atoms with Crippen LogP contribution < -0.4 is 10.5 Å². The number of aromatic nitrogens is 1. The second-order valence-corrected chi connectivity index (χ2v) is 9.22. The molecule has 4 heteroatoms. The molecule has 0 aliphatic heterocycles. The van der Waals surface area contributed by atoms with E-state index in [2.05, 4.69) is 23.7 Å². The monoisotopic (exact) mass is 444 g/mol. The maximum atomic E-state index is 6.00. The third-order valence-corrected chi connectivity index (χ3v) is 6.60. The summed E-state index contributed by atoms with van der Waals surface area (Å²) in [6.45, 7) is 3.83. The maximum absolute atomic E-state index is 6.00. The van der Waals surface area contributed by atoms with Crippen molar-refractivity contribution in [1.82, 2.24) is 4.98 Å². The summed E-state index contributed by atoms with van der Waals surface area (Å²) >= 11 is 5.96. The largest absolute Gasteiger partial charge is 0.494 e. The first kappa shape index (κ1) is 22.4. The molecule has 0 bridgehead atoms. The van der Waals surface area contributed by atoms with Gasteiger partial charge in [0.15, 0.2) is 0 Å². The summed E-state index contributed by atoms with van der Waals surface area (Å²) in [6.07, 6.45) is 6.63. The summed E-state index contributed by atoms with van der Waals surface area (Å²) in [5.41, 5.74) is 9.94. The van der Waals surface area contributed by atoms with Crippen LogP contribution in [0, 0.1) is 23.2 Å². The highest BCUT2D eigenvalue weighted by molar-refractivity contribution is 6.30. The van der Waals surface area contributed by atoms with E-state index in [0.717, 1.165) is 65.1 Å². The van der Waals surface area contributed by atoms with Crippen molar-refractivity contribution in [2.24, 2.45) is 17.1 Å². The van der Waals surface area contributed by atoms with Crippen LogP contribution in [0.5, 0.6) is 5.75 Å². The van der Waals surface area contributed by atoms with E-state index in [1.54, 1.807) is 0 Å².